The van der Waals surface area contributed by atoms with Gasteiger partial charge in [-0.05, 0) is 42.8 Å². The number of ether oxygens (including phenoxy) is 1. The highest BCUT2D eigenvalue weighted by molar-refractivity contribution is 6.31. The highest BCUT2D eigenvalue weighted by atomic mass is 35.5. The number of halogens is 1. The van der Waals surface area contributed by atoms with Gasteiger partial charge in [-0.1, -0.05) is 101 Å². The Labute approximate surface area is 188 Å². The van der Waals surface area contributed by atoms with Crippen molar-refractivity contribution in [1.29, 1.82) is 0 Å². The maximum Gasteiger partial charge on any atom is 0.134 e. The van der Waals surface area contributed by atoms with Crippen molar-refractivity contribution < 1.29 is 14.9 Å². The van der Waals surface area contributed by atoms with Gasteiger partial charge in [0.2, 0.25) is 0 Å². The molecular weight excluding hydrogens is 396 g/mol. The summed E-state index contributed by atoms with van der Waals surface area (Å²) in [6, 6.07) is 13.6. The summed E-state index contributed by atoms with van der Waals surface area (Å²) in [4.78, 5) is 0. The lowest BCUT2D eigenvalue weighted by atomic mass is 10.1. The zero-order valence-electron chi connectivity index (χ0n) is 18.5. The van der Waals surface area contributed by atoms with Crippen LogP contribution in [-0.4, -0.2) is 16.8 Å². The number of hydrogen-bond donors (Lipinski definition) is 2. The molecule has 2 aromatic rings. The quantitative estimate of drug-likeness (QED) is 0.293. The van der Waals surface area contributed by atoms with Crippen molar-refractivity contribution in [2.24, 2.45) is 0 Å². The number of benzene rings is 2. The minimum atomic E-state index is 0.133. The predicted octanol–water partition coefficient (Wildman–Crippen LogP) is 8.52. The molecule has 0 aliphatic heterocycles. The number of unbranched alkanes of at least 4 members (excludes halogenated alkanes) is 11. The molecular formula is C26H39ClO3. The molecule has 0 amide bonds. The van der Waals surface area contributed by atoms with Crippen LogP contribution in [-0.2, 0) is 0 Å². The van der Waals surface area contributed by atoms with Crippen molar-refractivity contribution in [3.05, 3.63) is 53.6 Å². The number of rotatable bonds is 14. The van der Waals surface area contributed by atoms with Crippen LogP contribution in [0.15, 0.2) is 48.5 Å². The number of para-hydroxylation sites is 1. The Morgan fingerprint density at radius 3 is 1.63 bits per heavy atom. The van der Waals surface area contributed by atoms with E-state index in [1.54, 1.807) is 36.4 Å². The van der Waals surface area contributed by atoms with Crippen molar-refractivity contribution in [3.63, 3.8) is 0 Å². The molecule has 0 saturated carbocycles. The molecule has 0 aromatic heterocycles. The van der Waals surface area contributed by atoms with E-state index in [2.05, 4.69) is 6.92 Å². The molecule has 4 heteroatoms. The van der Waals surface area contributed by atoms with Gasteiger partial charge in [0.1, 0.15) is 17.2 Å². The second-order valence-electron chi connectivity index (χ2n) is 7.68. The Morgan fingerprint density at radius 2 is 1.17 bits per heavy atom. The summed E-state index contributed by atoms with van der Waals surface area (Å²) in [7, 11) is 0. The second kappa shape index (κ2) is 17.9. The van der Waals surface area contributed by atoms with Crippen LogP contribution in [0.5, 0.6) is 17.2 Å². The molecule has 3 nitrogen and oxygen atoms in total. The zero-order chi connectivity index (χ0) is 21.9. The molecule has 168 valence electrons. The summed E-state index contributed by atoms with van der Waals surface area (Å²) in [5.74, 6) is 1.27. The summed E-state index contributed by atoms with van der Waals surface area (Å²) in [5, 5.41) is 18.4. The number of hydrogen-bond acceptors (Lipinski definition) is 3. The van der Waals surface area contributed by atoms with E-state index >= 15 is 0 Å². The van der Waals surface area contributed by atoms with Crippen molar-refractivity contribution in [2.45, 2.75) is 84.0 Å². The molecule has 0 spiro atoms. The van der Waals surface area contributed by atoms with Crippen molar-refractivity contribution in [3.8, 4) is 17.2 Å². The molecule has 2 rings (SSSR count). The van der Waals surface area contributed by atoms with Crippen LogP contribution >= 0.6 is 11.6 Å². The minimum absolute atomic E-state index is 0.133. The smallest absolute Gasteiger partial charge is 0.134 e. The first-order chi connectivity index (χ1) is 14.6. The summed E-state index contributed by atoms with van der Waals surface area (Å²) < 4.78 is 5.64. The van der Waals surface area contributed by atoms with Crippen molar-refractivity contribution >= 4 is 11.6 Å². The van der Waals surface area contributed by atoms with E-state index in [1.807, 2.05) is 12.1 Å². The zero-order valence-corrected chi connectivity index (χ0v) is 19.2. The van der Waals surface area contributed by atoms with Crippen LogP contribution in [0.1, 0.15) is 84.0 Å². The van der Waals surface area contributed by atoms with Crippen LogP contribution in [0, 0.1) is 0 Å². The third-order valence-electron chi connectivity index (χ3n) is 4.96. The predicted molar refractivity (Wildman–Crippen MR) is 128 cm³/mol. The lowest BCUT2D eigenvalue weighted by Gasteiger charge is -2.06. The fraction of sp³-hybridized carbons (Fsp3) is 0.538. The van der Waals surface area contributed by atoms with E-state index < -0.39 is 0 Å². The molecule has 0 atom stereocenters. The summed E-state index contributed by atoms with van der Waals surface area (Å²) in [6.45, 7) is 3.05. The van der Waals surface area contributed by atoms with E-state index in [0.717, 1.165) is 18.8 Å². The van der Waals surface area contributed by atoms with Crippen LogP contribution in [0.3, 0.4) is 0 Å². The van der Waals surface area contributed by atoms with Crippen LogP contribution in [0.25, 0.3) is 0 Å². The standard InChI is InChI=1S/C20H34O2.C6H5ClO/c1-2-3-4-5-6-7-8-9-10-11-12-13-18-22-20-16-14-19(21)15-17-20;7-5-3-1-2-4-6(5)8/h14-17,21H,2-13,18H2,1H3;1-4,8H. The molecule has 0 aliphatic rings. The third-order valence-corrected chi connectivity index (χ3v) is 5.28. The van der Waals surface area contributed by atoms with Crippen LogP contribution in [0.4, 0.5) is 0 Å². The number of aromatic hydroxyl groups is 2. The average Bonchev–Trinajstić information content (AvgIpc) is 2.75. The van der Waals surface area contributed by atoms with Gasteiger partial charge in [0.25, 0.3) is 0 Å². The minimum Gasteiger partial charge on any atom is -0.508 e. The topological polar surface area (TPSA) is 49.7 Å². The first kappa shape index (κ1) is 26.2. The van der Waals surface area contributed by atoms with E-state index in [-0.39, 0.29) is 11.5 Å². The monoisotopic (exact) mass is 434 g/mol. The van der Waals surface area contributed by atoms with Gasteiger partial charge in [-0.25, -0.2) is 0 Å². The van der Waals surface area contributed by atoms with Gasteiger partial charge in [-0.3, -0.25) is 0 Å². The van der Waals surface area contributed by atoms with Gasteiger partial charge in [-0.2, -0.15) is 0 Å². The van der Waals surface area contributed by atoms with E-state index in [9.17, 15) is 5.11 Å². The van der Waals surface area contributed by atoms with Gasteiger partial charge in [0, 0.05) is 0 Å². The average molecular weight is 435 g/mol. The maximum absolute atomic E-state index is 9.19. The Balaban J connectivity index is 0.000000467. The van der Waals surface area contributed by atoms with Crippen LogP contribution in [0.2, 0.25) is 5.02 Å². The van der Waals surface area contributed by atoms with Gasteiger partial charge >= 0.3 is 0 Å². The van der Waals surface area contributed by atoms with Crippen LogP contribution < -0.4 is 4.74 Å². The van der Waals surface area contributed by atoms with Crippen molar-refractivity contribution in [1.82, 2.24) is 0 Å². The van der Waals surface area contributed by atoms with Gasteiger partial charge in [-0.15, -0.1) is 0 Å². The van der Waals surface area contributed by atoms with E-state index in [1.165, 1.54) is 70.6 Å². The third kappa shape index (κ3) is 14.2. The summed E-state index contributed by atoms with van der Waals surface area (Å²) >= 11 is 5.46. The summed E-state index contributed by atoms with van der Waals surface area (Å²) in [5.41, 5.74) is 0. The lowest BCUT2D eigenvalue weighted by Crippen LogP contribution is -1.96. The first-order valence-electron chi connectivity index (χ1n) is 11.5. The van der Waals surface area contributed by atoms with Gasteiger partial charge in [0.05, 0.1) is 11.6 Å². The molecule has 2 aromatic carbocycles. The lowest BCUT2D eigenvalue weighted by molar-refractivity contribution is 0.303. The highest BCUT2D eigenvalue weighted by Gasteiger charge is 1.96. The Bertz CT molecular complexity index is 622. The molecule has 0 saturated heterocycles. The molecule has 2 N–H and O–H groups in total. The Kier molecular flexibility index (Phi) is 15.7. The highest BCUT2D eigenvalue weighted by Crippen LogP contribution is 2.20. The molecule has 0 bridgehead atoms. The maximum atomic E-state index is 9.19. The molecule has 0 unspecified atom stereocenters. The molecule has 0 heterocycles. The second-order valence-corrected chi connectivity index (χ2v) is 8.09. The van der Waals surface area contributed by atoms with E-state index in [4.69, 9.17) is 21.4 Å². The summed E-state index contributed by atoms with van der Waals surface area (Å²) in [6.07, 6.45) is 16.4. The SMILES string of the molecule is CCCCCCCCCCCCCCOc1ccc(O)cc1.Oc1ccccc1Cl. The largest absolute Gasteiger partial charge is 0.508 e. The fourth-order valence-corrected chi connectivity index (χ4v) is 3.26. The molecule has 0 aliphatic carbocycles. The number of phenolic OH excluding ortho intramolecular Hbond substituents is 2. The Hall–Kier alpha value is -1.87. The fourth-order valence-electron chi connectivity index (χ4n) is 3.13. The van der Waals surface area contributed by atoms with E-state index in [0.29, 0.717) is 5.02 Å². The normalized spacial score (nSPS) is 10.3. The van der Waals surface area contributed by atoms with Gasteiger partial charge < -0.3 is 14.9 Å². The molecule has 0 fully saturated rings. The molecule has 0 radical (unpaired) electrons. The first-order valence-corrected chi connectivity index (χ1v) is 11.9. The molecule has 30 heavy (non-hydrogen) atoms. The number of phenols is 2. The van der Waals surface area contributed by atoms with Gasteiger partial charge in [0.15, 0.2) is 0 Å². The van der Waals surface area contributed by atoms with Crippen molar-refractivity contribution in [2.75, 3.05) is 6.61 Å². The Morgan fingerprint density at radius 1 is 0.667 bits per heavy atom.